The summed E-state index contributed by atoms with van der Waals surface area (Å²) in [6.07, 6.45) is 0.973. The molecule has 0 aliphatic carbocycles. The lowest BCUT2D eigenvalue weighted by molar-refractivity contribution is 0.102. The fraction of sp³-hybridized carbons (Fsp3) is 0.462. The van der Waals surface area contributed by atoms with Crippen molar-refractivity contribution in [3.05, 3.63) is 29.8 Å². The molecule has 1 atom stereocenters. The summed E-state index contributed by atoms with van der Waals surface area (Å²) in [5, 5.41) is 4.04. The molecule has 17 heavy (non-hydrogen) atoms. The van der Waals surface area contributed by atoms with E-state index in [9.17, 15) is 0 Å². The molecule has 0 saturated carbocycles. The van der Waals surface area contributed by atoms with Gasteiger partial charge in [-0.2, -0.15) is 0 Å². The SMILES string of the molecule is CC(C)Oc1ccc(C2=NOC(CCl)C2)cc1. The fourth-order valence-corrected chi connectivity index (χ4v) is 1.85. The van der Waals surface area contributed by atoms with Gasteiger partial charge in [0.2, 0.25) is 0 Å². The first kappa shape index (κ1) is 12.2. The Morgan fingerprint density at radius 2 is 2.12 bits per heavy atom. The van der Waals surface area contributed by atoms with E-state index in [1.54, 1.807) is 0 Å². The highest BCUT2D eigenvalue weighted by atomic mass is 35.5. The van der Waals surface area contributed by atoms with Gasteiger partial charge in [0.25, 0.3) is 0 Å². The lowest BCUT2D eigenvalue weighted by Crippen LogP contribution is -2.09. The quantitative estimate of drug-likeness (QED) is 0.772. The van der Waals surface area contributed by atoms with Crippen LogP contribution in [0.25, 0.3) is 0 Å². The molecule has 0 fully saturated rings. The number of hydrogen-bond donors (Lipinski definition) is 0. The van der Waals surface area contributed by atoms with Crippen molar-refractivity contribution in [2.75, 3.05) is 5.88 Å². The van der Waals surface area contributed by atoms with Gasteiger partial charge in [-0.05, 0) is 43.7 Å². The first-order valence-corrected chi connectivity index (χ1v) is 6.28. The molecule has 0 bridgehead atoms. The van der Waals surface area contributed by atoms with Gasteiger partial charge in [0.05, 0.1) is 17.7 Å². The molecule has 1 aliphatic rings. The second kappa shape index (κ2) is 5.41. The third-order valence-electron chi connectivity index (χ3n) is 2.46. The van der Waals surface area contributed by atoms with E-state index in [0.717, 1.165) is 23.4 Å². The Balaban J connectivity index is 2.03. The minimum Gasteiger partial charge on any atom is -0.491 e. The summed E-state index contributed by atoms with van der Waals surface area (Å²) < 4.78 is 5.58. The van der Waals surface area contributed by atoms with Gasteiger partial charge in [-0.3, -0.25) is 0 Å². The van der Waals surface area contributed by atoms with Crippen molar-refractivity contribution < 1.29 is 9.57 Å². The smallest absolute Gasteiger partial charge is 0.146 e. The Labute approximate surface area is 106 Å². The topological polar surface area (TPSA) is 30.8 Å². The van der Waals surface area contributed by atoms with E-state index in [2.05, 4.69) is 5.16 Å². The van der Waals surface area contributed by atoms with Crippen molar-refractivity contribution in [2.45, 2.75) is 32.5 Å². The van der Waals surface area contributed by atoms with Gasteiger partial charge < -0.3 is 9.57 Å². The Morgan fingerprint density at radius 1 is 1.41 bits per heavy atom. The first-order chi connectivity index (χ1) is 8.19. The molecule has 0 radical (unpaired) electrons. The largest absolute Gasteiger partial charge is 0.491 e. The summed E-state index contributed by atoms with van der Waals surface area (Å²) in [5.41, 5.74) is 2.01. The van der Waals surface area contributed by atoms with Crippen LogP contribution in [0.3, 0.4) is 0 Å². The number of oxime groups is 1. The molecule has 3 nitrogen and oxygen atoms in total. The van der Waals surface area contributed by atoms with Crippen molar-refractivity contribution in [2.24, 2.45) is 5.16 Å². The van der Waals surface area contributed by atoms with Crippen LogP contribution in [0.4, 0.5) is 0 Å². The molecule has 1 unspecified atom stereocenters. The van der Waals surface area contributed by atoms with Gasteiger partial charge >= 0.3 is 0 Å². The number of nitrogens with zero attached hydrogens (tertiary/aromatic N) is 1. The molecule has 0 spiro atoms. The summed E-state index contributed by atoms with van der Waals surface area (Å²) in [7, 11) is 0. The molecule has 0 saturated heterocycles. The lowest BCUT2D eigenvalue weighted by atomic mass is 10.1. The number of hydrogen-bond acceptors (Lipinski definition) is 3. The van der Waals surface area contributed by atoms with E-state index in [0.29, 0.717) is 5.88 Å². The summed E-state index contributed by atoms with van der Waals surface area (Å²) in [5.74, 6) is 1.35. The lowest BCUT2D eigenvalue weighted by Gasteiger charge is -2.09. The monoisotopic (exact) mass is 253 g/mol. The zero-order valence-electron chi connectivity index (χ0n) is 10.0. The molecule has 0 aromatic heterocycles. The zero-order chi connectivity index (χ0) is 12.3. The van der Waals surface area contributed by atoms with Crippen molar-refractivity contribution in [1.29, 1.82) is 0 Å². The van der Waals surface area contributed by atoms with Crippen LogP contribution in [0.15, 0.2) is 29.4 Å². The molecule has 1 aromatic carbocycles. The molecule has 0 amide bonds. The number of benzene rings is 1. The van der Waals surface area contributed by atoms with Crippen LogP contribution in [0.5, 0.6) is 5.75 Å². The molecule has 2 rings (SSSR count). The zero-order valence-corrected chi connectivity index (χ0v) is 10.8. The molecule has 0 N–H and O–H groups in total. The highest BCUT2D eigenvalue weighted by Gasteiger charge is 2.20. The van der Waals surface area contributed by atoms with Crippen LogP contribution in [0.1, 0.15) is 25.8 Å². The Morgan fingerprint density at radius 3 is 2.65 bits per heavy atom. The van der Waals surface area contributed by atoms with Gasteiger partial charge in [0.15, 0.2) is 0 Å². The Hall–Kier alpha value is -1.22. The predicted octanol–water partition coefficient (Wildman–Crippen LogP) is 3.21. The molecule has 1 heterocycles. The van der Waals surface area contributed by atoms with Gasteiger partial charge in [0, 0.05) is 6.42 Å². The maximum absolute atomic E-state index is 5.72. The van der Waals surface area contributed by atoms with Crippen LogP contribution in [0, 0.1) is 0 Å². The Kier molecular flexibility index (Phi) is 3.89. The van der Waals surface area contributed by atoms with Gasteiger partial charge in [0.1, 0.15) is 11.9 Å². The average molecular weight is 254 g/mol. The fourth-order valence-electron chi connectivity index (χ4n) is 1.68. The normalized spacial score (nSPS) is 19.1. The van der Waals surface area contributed by atoms with Crippen LogP contribution in [0.2, 0.25) is 0 Å². The number of halogens is 1. The third-order valence-corrected chi connectivity index (χ3v) is 2.81. The maximum Gasteiger partial charge on any atom is 0.146 e. The molecular formula is C13H16ClNO2. The second-order valence-corrected chi connectivity index (χ2v) is 4.62. The molecule has 1 aromatic rings. The van der Waals surface area contributed by atoms with Crippen molar-refractivity contribution >= 4 is 17.3 Å². The van der Waals surface area contributed by atoms with E-state index >= 15 is 0 Å². The van der Waals surface area contributed by atoms with E-state index in [1.807, 2.05) is 38.1 Å². The van der Waals surface area contributed by atoms with Crippen LogP contribution < -0.4 is 4.74 Å². The number of rotatable bonds is 4. The van der Waals surface area contributed by atoms with E-state index in [4.69, 9.17) is 21.2 Å². The van der Waals surface area contributed by atoms with Crippen molar-refractivity contribution in [3.63, 3.8) is 0 Å². The highest BCUT2D eigenvalue weighted by Crippen LogP contribution is 2.20. The molecule has 4 heteroatoms. The summed E-state index contributed by atoms with van der Waals surface area (Å²) in [6.45, 7) is 4.02. The number of ether oxygens (including phenoxy) is 1. The minimum absolute atomic E-state index is 0.0123. The Bertz CT molecular complexity index is 400. The van der Waals surface area contributed by atoms with Crippen molar-refractivity contribution in [1.82, 2.24) is 0 Å². The van der Waals surface area contributed by atoms with E-state index < -0.39 is 0 Å². The third kappa shape index (κ3) is 3.13. The second-order valence-electron chi connectivity index (χ2n) is 4.31. The number of alkyl halides is 1. The maximum atomic E-state index is 5.72. The van der Waals surface area contributed by atoms with E-state index in [-0.39, 0.29) is 12.2 Å². The standard InChI is InChI=1S/C13H16ClNO2/c1-9(2)16-11-5-3-10(4-6-11)13-7-12(8-14)17-15-13/h3-6,9,12H,7-8H2,1-2H3. The van der Waals surface area contributed by atoms with Gasteiger partial charge in [-0.25, -0.2) is 0 Å². The van der Waals surface area contributed by atoms with Crippen LogP contribution in [-0.4, -0.2) is 23.8 Å². The average Bonchev–Trinajstić information content (AvgIpc) is 2.78. The van der Waals surface area contributed by atoms with Crippen LogP contribution >= 0.6 is 11.6 Å². The molecule has 92 valence electrons. The summed E-state index contributed by atoms with van der Waals surface area (Å²) in [4.78, 5) is 5.19. The minimum atomic E-state index is 0.0123. The van der Waals surface area contributed by atoms with Crippen molar-refractivity contribution in [3.8, 4) is 5.75 Å². The highest BCUT2D eigenvalue weighted by molar-refractivity contribution is 6.18. The summed E-state index contributed by atoms with van der Waals surface area (Å²) in [6, 6.07) is 7.89. The van der Waals surface area contributed by atoms with Gasteiger partial charge in [-0.15, -0.1) is 11.6 Å². The predicted molar refractivity (Wildman–Crippen MR) is 69.0 cm³/mol. The van der Waals surface area contributed by atoms with Crippen LogP contribution in [-0.2, 0) is 4.84 Å². The molecular weight excluding hydrogens is 238 g/mol. The van der Waals surface area contributed by atoms with E-state index in [1.165, 1.54) is 0 Å². The summed E-state index contributed by atoms with van der Waals surface area (Å²) >= 11 is 5.72. The molecule has 1 aliphatic heterocycles. The van der Waals surface area contributed by atoms with Gasteiger partial charge in [-0.1, -0.05) is 5.16 Å². The first-order valence-electron chi connectivity index (χ1n) is 5.75.